The second-order valence-electron chi connectivity index (χ2n) is 2.81. The molecular weight excluding hydrogens is 186 g/mol. The second-order valence-corrected chi connectivity index (χ2v) is 2.81. The fourth-order valence-electron chi connectivity index (χ4n) is 1.07. The van der Waals surface area contributed by atoms with Crippen molar-refractivity contribution in [1.82, 2.24) is 0 Å². The van der Waals surface area contributed by atoms with Crippen molar-refractivity contribution >= 4 is 17.5 Å². The quantitative estimate of drug-likeness (QED) is 0.380. The summed E-state index contributed by atoms with van der Waals surface area (Å²) in [6, 6.07) is 0. The van der Waals surface area contributed by atoms with Gasteiger partial charge in [-0.15, -0.1) is 0 Å². The Kier molecular flexibility index (Phi) is 5.71. The van der Waals surface area contributed by atoms with Crippen molar-refractivity contribution in [1.29, 1.82) is 0 Å². The summed E-state index contributed by atoms with van der Waals surface area (Å²) in [6.07, 6.45) is 0. The number of aliphatic hydroxyl groups is 1. The molecule has 0 saturated heterocycles. The molecule has 0 spiro atoms. The van der Waals surface area contributed by atoms with Gasteiger partial charge in [-0.2, -0.15) is 0 Å². The predicted octanol–water partition coefficient (Wildman–Crippen LogP) is -0.182. The van der Waals surface area contributed by atoms with Crippen molar-refractivity contribution in [3.05, 3.63) is 0 Å². The van der Waals surface area contributed by atoms with Gasteiger partial charge in [0.05, 0.1) is 20.3 Å². The molecule has 0 aliphatic heterocycles. The molecule has 80 valence electrons. The highest BCUT2D eigenvalue weighted by Gasteiger charge is 2.26. The average molecular weight is 201 g/mol. The number of ketones is 1. The molecule has 0 aliphatic rings. The molecule has 0 heterocycles. The van der Waals surface area contributed by atoms with E-state index in [0.717, 1.165) is 0 Å². The number of carbonyl (C=O) groups excluding carboxylic acids is 2. The fourth-order valence-corrected chi connectivity index (χ4v) is 1.07. The zero-order valence-electron chi connectivity index (χ0n) is 8.61. The van der Waals surface area contributed by atoms with E-state index in [1.54, 1.807) is 6.92 Å². The Morgan fingerprint density at radius 1 is 1.43 bits per heavy atom. The third-order valence-electron chi connectivity index (χ3n) is 1.72. The van der Waals surface area contributed by atoms with E-state index in [1.807, 2.05) is 0 Å². The van der Waals surface area contributed by atoms with Crippen LogP contribution in [0.3, 0.4) is 0 Å². The summed E-state index contributed by atoms with van der Waals surface area (Å²) in [5, 5.41) is 8.52. The molecule has 1 atom stereocenters. The van der Waals surface area contributed by atoms with Crippen LogP contribution in [-0.4, -0.2) is 42.8 Å². The van der Waals surface area contributed by atoms with E-state index in [0.29, 0.717) is 5.71 Å². The van der Waals surface area contributed by atoms with Gasteiger partial charge in [-0.05, 0) is 13.8 Å². The molecule has 5 nitrogen and oxygen atoms in total. The molecule has 0 amide bonds. The lowest BCUT2D eigenvalue weighted by Gasteiger charge is -2.10. The number of nitrogens with zero attached hydrogens (tertiary/aromatic N) is 1. The molecule has 0 fully saturated rings. The maximum Gasteiger partial charge on any atom is 0.321 e. The molecular formula is C9H15NO4. The first-order valence-electron chi connectivity index (χ1n) is 4.24. The smallest absolute Gasteiger partial charge is 0.321 e. The van der Waals surface area contributed by atoms with Crippen LogP contribution < -0.4 is 0 Å². The minimum atomic E-state index is -0.938. The van der Waals surface area contributed by atoms with Crippen LogP contribution in [0.5, 0.6) is 0 Å². The van der Waals surface area contributed by atoms with Crippen LogP contribution >= 0.6 is 0 Å². The van der Waals surface area contributed by atoms with Crippen molar-refractivity contribution in [2.75, 3.05) is 20.3 Å². The molecule has 0 bridgehead atoms. The first-order chi connectivity index (χ1) is 6.54. The molecule has 14 heavy (non-hydrogen) atoms. The Bertz CT molecular complexity index is 247. The van der Waals surface area contributed by atoms with Gasteiger partial charge in [0, 0.05) is 5.71 Å². The van der Waals surface area contributed by atoms with E-state index in [1.165, 1.54) is 14.0 Å². The van der Waals surface area contributed by atoms with E-state index in [4.69, 9.17) is 5.11 Å². The molecule has 0 aliphatic carbocycles. The van der Waals surface area contributed by atoms with Crippen LogP contribution in [0, 0.1) is 5.92 Å². The van der Waals surface area contributed by atoms with E-state index in [2.05, 4.69) is 9.73 Å². The van der Waals surface area contributed by atoms with Crippen molar-refractivity contribution < 1.29 is 19.4 Å². The number of aliphatic imine (C=N–C) groups is 1. The van der Waals surface area contributed by atoms with E-state index >= 15 is 0 Å². The van der Waals surface area contributed by atoms with Crippen molar-refractivity contribution in [2.45, 2.75) is 13.8 Å². The highest BCUT2D eigenvalue weighted by Crippen LogP contribution is 2.04. The van der Waals surface area contributed by atoms with Crippen LogP contribution in [0.4, 0.5) is 0 Å². The van der Waals surface area contributed by atoms with Gasteiger partial charge in [-0.25, -0.2) is 0 Å². The van der Waals surface area contributed by atoms with Crippen molar-refractivity contribution in [3.63, 3.8) is 0 Å². The Morgan fingerprint density at radius 2 is 2.00 bits per heavy atom. The van der Waals surface area contributed by atoms with Crippen molar-refractivity contribution in [3.8, 4) is 0 Å². The zero-order chi connectivity index (χ0) is 11.1. The summed E-state index contributed by atoms with van der Waals surface area (Å²) in [6.45, 7) is 2.95. The number of ether oxygens (including phenoxy) is 1. The maximum atomic E-state index is 11.2. The van der Waals surface area contributed by atoms with E-state index in [9.17, 15) is 9.59 Å². The van der Waals surface area contributed by atoms with Crippen LogP contribution in [-0.2, 0) is 14.3 Å². The summed E-state index contributed by atoms with van der Waals surface area (Å²) in [5.74, 6) is -1.86. The highest BCUT2D eigenvalue weighted by molar-refractivity contribution is 6.17. The SMILES string of the molecule is COC(=O)C(C(C)=O)C(C)=NCCO. The number of methoxy groups -OCH3 is 1. The van der Waals surface area contributed by atoms with Gasteiger partial charge in [0.1, 0.15) is 5.78 Å². The molecule has 5 heteroatoms. The summed E-state index contributed by atoms with van der Waals surface area (Å²) in [7, 11) is 1.22. The summed E-state index contributed by atoms with van der Waals surface area (Å²) in [4.78, 5) is 26.2. The number of hydrogen-bond acceptors (Lipinski definition) is 5. The molecule has 0 aromatic rings. The van der Waals surface area contributed by atoms with Gasteiger partial charge in [-0.3, -0.25) is 14.6 Å². The van der Waals surface area contributed by atoms with Crippen LogP contribution in [0.25, 0.3) is 0 Å². The van der Waals surface area contributed by atoms with Crippen molar-refractivity contribution in [2.24, 2.45) is 10.9 Å². The molecule has 0 saturated carbocycles. The second kappa shape index (κ2) is 6.26. The Morgan fingerprint density at radius 3 is 2.36 bits per heavy atom. The largest absolute Gasteiger partial charge is 0.468 e. The molecule has 0 aromatic heterocycles. The van der Waals surface area contributed by atoms with Gasteiger partial charge in [0.15, 0.2) is 5.92 Å². The van der Waals surface area contributed by atoms with E-state index in [-0.39, 0.29) is 18.9 Å². The molecule has 0 rings (SSSR count). The van der Waals surface area contributed by atoms with Gasteiger partial charge >= 0.3 is 5.97 Å². The zero-order valence-corrected chi connectivity index (χ0v) is 8.61. The number of Topliss-reactive ketones (excluding diaryl/α,β-unsaturated/α-hetero) is 1. The lowest BCUT2D eigenvalue weighted by molar-refractivity contribution is -0.145. The number of aliphatic hydroxyl groups excluding tert-OH is 1. The Labute approximate surface area is 82.8 Å². The van der Waals surface area contributed by atoms with Gasteiger partial charge in [0.2, 0.25) is 0 Å². The average Bonchev–Trinajstić information content (AvgIpc) is 2.14. The van der Waals surface area contributed by atoms with Gasteiger partial charge < -0.3 is 9.84 Å². The first kappa shape index (κ1) is 12.8. The van der Waals surface area contributed by atoms with Crippen LogP contribution in [0.2, 0.25) is 0 Å². The fraction of sp³-hybridized carbons (Fsp3) is 0.667. The topological polar surface area (TPSA) is 76.0 Å². The Balaban J connectivity index is 4.65. The third kappa shape index (κ3) is 3.66. The molecule has 1 N–H and O–H groups in total. The molecule has 1 unspecified atom stereocenters. The lowest BCUT2D eigenvalue weighted by Crippen LogP contribution is -2.30. The van der Waals surface area contributed by atoms with Crippen LogP contribution in [0.15, 0.2) is 4.99 Å². The summed E-state index contributed by atoms with van der Waals surface area (Å²) in [5.41, 5.74) is 0.374. The molecule has 0 radical (unpaired) electrons. The first-order valence-corrected chi connectivity index (χ1v) is 4.24. The lowest BCUT2D eigenvalue weighted by atomic mass is 10.0. The maximum absolute atomic E-state index is 11.2. The third-order valence-corrected chi connectivity index (χ3v) is 1.72. The number of esters is 1. The number of hydrogen-bond donors (Lipinski definition) is 1. The molecule has 0 aromatic carbocycles. The minimum absolute atomic E-state index is 0.108. The number of rotatable bonds is 5. The summed E-state index contributed by atoms with van der Waals surface area (Å²) >= 11 is 0. The van der Waals surface area contributed by atoms with Gasteiger partial charge in [-0.1, -0.05) is 0 Å². The monoisotopic (exact) mass is 201 g/mol. The predicted molar refractivity (Wildman–Crippen MR) is 51.2 cm³/mol. The van der Waals surface area contributed by atoms with Gasteiger partial charge in [0.25, 0.3) is 0 Å². The Hall–Kier alpha value is -1.23. The highest BCUT2D eigenvalue weighted by atomic mass is 16.5. The normalized spacial score (nSPS) is 13.6. The van der Waals surface area contributed by atoms with Crippen LogP contribution in [0.1, 0.15) is 13.8 Å². The summed E-state index contributed by atoms with van der Waals surface area (Å²) < 4.78 is 4.47. The standard InChI is InChI=1S/C9H15NO4/c1-6(10-4-5-11)8(7(2)12)9(13)14-3/h8,11H,4-5H2,1-3H3. The minimum Gasteiger partial charge on any atom is -0.468 e. The van der Waals surface area contributed by atoms with E-state index < -0.39 is 11.9 Å². The number of carbonyl (C=O) groups is 2.